The maximum absolute atomic E-state index is 8.35. The Balaban J connectivity index is 3.63. The lowest BCUT2D eigenvalue weighted by molar-refractivity contribution is 0.0951. The highest BCUT2D eigenvalue weighted by Gasteiger charge is 2.12. The Kier molecular flexibility index (Phi) is 5.46. The fourth-order valence-electron chi connectivity index (χ4n) is 0.579. The maximum Gasteiger partial charge on any atom is 0.136 e. The summed E-state index contributed by atoms with van der Waals surface area (Å²) >= 11 is 1.19. The van der Waals surface area contributed by atoms with Crippen LogP contribution >= 0.6 is 11.8 Å². The van der Waals surface area contributed by atoms with Gasteiger partial charge >= 0.3 is 0 Å². The molecule has 0 aliphatic rings. The van der Waals surface area contributed by atoms with Gasteiger partial charge in [-0.3, -0.25) is 0 Å². The summed E-state index contributed by atoms with van der Waals surface area (Å²) in [6.45, 7) is 6.71. The molecule has 0 aliphatic heterocycles. The molecule has 0 saturated heterocycles. The first-order valence-corrected chi connectivity index (χ1v) is 4.26. The molecule has 10 heavy (non-hydrogen) atoms. The van der Waals surface area contributed by atoms with Crippen molar-refractivity contribution >= 4 is 11.8 Å². The summed E-state index contributed by atoms with van der Waals surface area (Å²) in [5.41, 5.74) is 0.0370. The van der Waals surface area contributed by atoms with Crippen molar-refractivity contribution in [2.45, 2.75) is 26.2 Å². The van der Waals surface area contributed by atoms with Crippen LogP contribution in [-0.4, -0.2) is 12.0 Å². The predicted molar refractivity (Wildman–Crippen MR) is 43.5 cm³/mol. The van der Waals surface area contributed by atoms with Crippen LogP contribution in [0.1, 0.15) is 20.8 Å². The fraction of sp³-hybridized carbons (Fsp3) is 0.857. The van der Waals surface area contributed by atoms with Gasteiger partial charge < -0.3 is 4.74 Å². The minimum Gasteiger partial charge on any atom is -0.367 e. The predicted octanol–water partition coefficient (Wildman–Crippen LogP) is 2.22. The quantitative estimate of drug-likeness (QED) is 0.466. The zero-order chi connectivity index (χ0) is 7.98. The molecular formula is C7H13NOS. The largest absolute Gasteiger partial charge is 0.367 e. The molecule has 0 bridgehead atoms. The van der Waals surface area contributed by atoms with E-state index in [2.05, 4.69) is 0 Å². The Hall–Kier alpha value is -0.200. The Morgan fingerprint density at radius 2 is 2.20 bits per heavy atom. The zero-order valence-electron chi connectivity index (χ0n) is 6.63. The highest BCUT2D eigenvalue weighted by molar-refractivity contribution is 8.04. The maximum atomic E-state index is 8.35. The molecule has 0 aromatic heterocycles. The van der Waals surface area contributed by atoms with Crippen LogP contribution in [0.3, 0.4) is 0 Å². The molecule has 0 aliphatic carbocycles. The topological polar surface area (TPSA) is 33.0 Å². The number of nitriles is 1. The van der Waals surface area contributed by atoms with Gasteiger partial charge in [-0.15, -0.1) is 0 Å². The molecule has 1 unspecified atom stereocenters. The minimum absolute atomic E-state index is 0.0370. The van der Waals surface area contributed by atoms with E-state index in [-0.39, 0.29) is 5.44 Å². The van der Waals surface area contributed by atoms with Crippen molar-refractivity contribution in [2.24, 2.45) is 5.92 Å². The van der Waals surface area contributed by atoms with Crippen molar-refractivity contribution in [3.8, 4) is 5.40 Å². The van der Waals surface area contributed by atoms with E-state index in [0.29, 0.717) is 12.5 Å². The van der Waals surface area contributed by atoms with E-state index in [1.807, 2.05) is 26.2 Å². The number of thiocyanates is 1. The summed E-state index contributed by atoms with van der Waals surface area (Å²) in [6, 6.07) is 0. The Labute approximate surface area is 66.6 Å². The molecule has 3 heteroatoms. The molecule has 0 spiro atoms. The third-order valence-corrected chi connectivity index (χ3v) is 2.06. The molecule has 0 amide bonds. The fourth-order valence-corrected chi connectivity index (χ4v) is 1.16. The molecule has 0 heterocycles. The number of ether oxygens (including phenoxy) is 1. The molecule has 0 aromatic rings. The van der Waals surface area contributed by atoms with Crippen molar-refractivity contribution in [1.82, 2.24) is 0 Å². The second kappa shape index (κ2) is 5.57. The van der Waals surface area contributed by atoms with E-state index >= 15 is 0 Å². The molecule has 1 atom stereocenters. The van der Waals surface area contributed by atoms with Crippen LogP contribution < -0.4 is 0 Å². The first kappa shape index (κ1) is 9.80. The standard InChI is InChI=1S/C7H13NOS/c1-4-9-7(6(2)3)10-5-8/h6-7H,4H2,1-3H3. The number of hydrogen-bond acceptors (Lipinski definition) is 3. The molecule has 0 aromatic carbocycles. The Bertz CT molecular complexity index is 119. The van der Waals surface area contributed by atoms with Crippen molar-refractivity contribution in [3.05, 3.63) is 0 Å². The highest BCUT2D eigenvalue weighted by atomic mass is 32.2. The van der Waals surface area contributed by atoms with E-state index in [1.165, 1.54) is 11.8 Å². The van der Waals surface area contributed by atoms with Crippen LogP contribution in [0.25, 0.3) is 0 Å². The van der Waals surface area contributed by atoms with Gasteiger partial charge in [0.2, 0.25) is 0 Å². The summed E-state index contributed by atoms with van der Waals surface area (Å²) in [6.07, 6.45) is 0. The minimum atomic E-state index is 0.0370. The van der Waals surface area contributed by atoms with Gasteiger partial charge in [-0.1, -0.05) is 13.8 Å². The average Bonchev–Trinajstić information content (AvgIpc) is 1.87. The second-order valence-electron chi connectivity index (χ2n) is 2.28. The van der Waals surface area contributed by atoms with Crippen molar-refractivity contribution in [2.75, 3.05) is 6.61 Å². The lowest BCUT2D eigenvalue weighted by Crippen LogP contribution is -2.14. The summed E-state index contributed by atoms with van der Waals surface area (Å²) < 4.78 is 5.28. The number of rotatable bonds is 4. The average molecular weight is 159 g/mol. The first-order chi connectivity index (χ1) is 4.72. The molecule has 2 nitrogen and oxygen atoms in total. The van der Waals surface area contributed by atoms with E-state index in [9.17, 15) is 0 Å². The monoisotopic (exact) mass is 159 g/mol. The van der Waals surface area contributed by atoms with Gasteiger partial charge in [-0.2, -0.15) is 5.26 Å². The van der Waals surface area contributed by atoms with Gasteiger partial charge in [0.25, 0.3) is 0 Å². The Morgan fingerprint density at radius 3 is 2.50 bits per heavy atom. The number of thioether (sulfide) groups is 1. The van der Waals surface area contributed by atoms with Gasteiger partial charge in [0.15, 0.2) is 0 Å². The SMILES string of the molecule is CCOC(SC#N)C(C)C. The molecule has 58 valence electrons. The van der Waals surface area contributed by atoms with Gasteiger partial charge in [-0.05, 0) is 24.6 Å². The van der Waals surface area contributed by atoms with Crippen LogP contribution in [-0.2, 0) is 4.74 Å². The summed E-state index contributed by atoms with van der Waals surface area (Å²) in [5, 5.41) is 10.4. The van der Waals surface area contributed by atoms with Crippen molar-refractivity contribution in [1.29, 1.82) is 5.26 Å². The molecular weight excluding hydrogens is 146 g/mol. The van der Waals surface area contributed by atoms with E-state index < -0.39 is 0 Å². The summed E-state index contributed by atoms with van der Waals surface area (Å²) in [7, 11) is 0. The third kappa shape index (κ3) is 3.76. The molecule has 0 N–H and O–H groups in total. The van der Waals surface area contributed by atoms with Gasteiger partial charge in [0, 0.05) is 6.61 Å². The van der Waals surface area contributed by atoms with E-state index in [4.69, 9.17) is 10.00 Å². The van der Waals surface area contributed by atoms with Crippen molar-refractivity contribution < 1.29 is 4.74 Å². The zero-order valence-corrected chi connectivity index (χ0v) is 7.44. The van der Waals surface area contributed by atoms with Crippen LogP contribution in [0.2, 0.25) is 0 Å². The lowest BCUT2D eigenvalue weighted by Gasteiger charge is -2.15. The summed E-state index contributed by atoms with van der Waals surface area (Å²) in [5.74, 6) is 0.407. The smallest absolute Gasteiger partial charge is 0.136 e. The van der Waals surface area contributed by atoms with Gasteiger partial charge in [-0.25, -0.2) is 0 Å². The number of nitrogens with zero attached hydrogens (tertiary/aromatic N) is 1. The first-order valence-electron chi connectivity index (χ1n) is 3.38. The third-order valence-electron chi connectivity index (χ3n) is 1.04. The van der Waals surface area contributed by atoms with Crippen LogP contribution in [0.5, 0.6) is 0 Å². The summed E-state index contributed by atoms with van der Waals surface area (Å²) in [4.78, 5) is 0. The lowest BCUT2D eigenvalue weighted by atomic mass is 10.2. The second-order valence-corrected chi connectivity index (χ2v) is 3.16. The van der Waals surface area contributed by atoms with Crippen LogP contribution in [0.4, 0.5) is 0 Å². The Morgan fingerprint density at radius 1 is 1.60 bits per heavy atom. The highest BCUT2D eigenvalue weighted by Crippen LogP contribution is 2.18. The molecule has 0 fully saturated rings. The van der Waals surface area contributed by atoms with Gasteiger partial charge in [0.05, 0.1) is 0 Å². The normalized spacial score (nSPS) is 13.1. The van der Waals surface area contributed by atoms with E-state index in [0.717, 1.165) is 0 Å². The van der Waals surface area contributed by atoms with Crippen molar-refractivity contribution in [3.63, 3.8) is 0 Å². The van der Waals surface area contributed by atoms with Crippen LogP contribution in [0, 0.1) is 16.6 Å². The molecule has 0 rings (SSSR count). The van der Waals surface area contributed by atoms with Crippen LogP contribution in [0.15, 0.2) is 0 Å². The molecule has 0 radical (unpaired) electrons. The van der Waals surface area contributed by atoms with Gasteiger partial charge in [0.1, 0.15) is 10.8 Å². The number of hydrogen-bond donors (Lipinski definition) is 0. The van der Waals surface area contributed by atoms with E-state index in [1.54, 1.807) is 0 Å². The molecule has 0 saturated carbocycles.